The summed E-state index contributed by atoms with van der Waals surface area (Å²) in [5, 5.41) is -1.34. The third-order valence-corrected chi connectivity index (χ3v) is 1.97. The van der Waals surface area contributed by atoms with Gasteiger partial charge < -0.3 is 0 Å². The molecule has 3 nitrogen and oxygen atoms in total. The molecule has 0 amide bonds. The molecule has 0 unspecified atom stereocenters. The molecular weight excluding hydrogens is 212 g/mol. The maximum absolute atomic E-state index is 12.6. The van der Waals surface area contributed by atoms with Gasteiger partial charge in [-0.1, -0.05) is 15.5 Å². The molecule has 1 aromatic rings. The minimum atomic E-state index is -5.10. The molecule has 1 rings (SSSR count). The minimum Gasteiger partial charge on any atom is -0.238 e. The predicted molar refractivity (Wildman–Crippen MR) is 37.5 cm³/mol. The molecule has 0 atom stereocenters. The standard InChI is InChI=1S/C5H2ClF2NO2S/c6-3-1-4(7)5(9-2-3)12(8,10)11/h1-2H. The van der Waals surface area contributed by atoms with Gasteiger partial charge in [-0.15, -0.1) is 0 Å². The lowest BCUT2D eigenvalue weighted by Crippen LogP contribution is -1.99. The van der Waals surface area contributed by atoms with Gasteiger partial charge in [0.15, 0.2) is 5.82 Å². The Bertz CT molecular complexity index is 406. The normalized spacial score (nSPS) is 11.6. The molecule has 0 spiro atoms. The van der Waals surface area contributed by atoms with E-state index in [2.05, 4.69) is 4.98 Å². The third kappa shape index (κ3) is 1.89. The van der Waals surface area contributed by atoms with Gasteiger partial charge in [-0.05, 0) is 6.07 Å². The van der Waals surface area contributed by atoms with Crippen LogP contribution in [0.1, 0.15) is 0 Å². The van der Waals surface area contributed by atoms with Crippen molar-refractivity contribution in [3.05, 3.63) is 23.1 Å². The van der Waals surface area contributed by atoms with E-state index in [4.69, 9.17) is 11.6 Å². The zero-order valence-electron chi connectivity index (χ0n) is 5.46. The van der Waals surface area contributed by atoms with E-state index in [0.29, 0.717) is 6.07 Å². The molecule has 7 heteroatoms. The molecule has 0 bridgehead atoms. The fourth-order valence-electron chi connectivity index (χ4n) is 0.581. The van der Waals surface area contributed by atoms with E-state index in [1.807, 2.05) is 0 Å². The zero-order chi connectivity index (χ0) is 9.35. The van der Waals surface area contributed by atoms with E-state index in [1.165, 1.54) is 0 Å². The highest BCUT2D eigenvalue weighted by Gasteiger charge is 2.19. The number of hydrogen-bond acceptors (Lipinski definition) is 3. The Labute approximate surface area is 72.2 Å². The first-order chi connectivity index (χ1) is 5.41. The highest BCUT2D eigenvalue weighted by atomic mass is 35.5. The van der Waals surface area contributed by atoms with Crippen LogP contribution in [0, 0.1) is 5.82 Å². The van der Waals surface area contributed by atoms with Crippen molar-refractivity contribution in [2.24, 2.45) is 0 Å². The minimum absolute atomic E-state index is 0.0973. The second-order valence-corrected chi connectivity index (χ2v) is 3.58. The molecule has 66 valence electrons. The molecule has 0 saturated heterocycles. The van der Waals surface area contributed by atoms with E-state index >= 15 is 0 Å². The molecule has 0 saturated carbocycles. The van der Waals surface area contributed by atoms with Crippen molar-refractivity contribution in [1.82, 2.24) is 4.98 Å². The Morgan fingerprint density at radius 2 is 2.08 bits per heavy atom. The van der Waals surface area contributed by atoms with E-state index in [0.717, 1.165) is 6.20 Å². The predicted octanol–water partition coefficient (Wildman–Crippen LogP) is 1.53. The first-order valence-corrected chi connectivity index (χ1v) is 4.43. The number of hydrogen-bond donors (Lipinski definition) is 0. The largest absolute Gasteiger partial charge is 0.352 e. The van der Waals surface area contributed by atoms with Crippen molar-refractivity contribution < 1.29 is 16.7 Å². The van der Waals surface area contributed by atoms with Crippen LogP contribution in [0.2, 0.25) is 5.02 Å². The zero-order valence-corrected chi connectivity index (χ0v) is 7.03. The molecule has 0 aliphatic rings. The first-order valence-electron chi connectivity index (χ1n) is 2.67. The number of halogens is 3. The van der Waals surface area contributed by atoms with Crippen molar-refractivity contribution in [2.75, 3.05) is 0 Å². The first kappa shape index (κ1) is 9.34. The van der Waals surface area contributed by atoms with Gasteiger partial charge in [-0.25, -0.2) is 9.37 Å². The summed E-state index contributed by atoms with van der Waals surface area (Å²) >= 11 is 5.25. The van der Waals surface area contributed by atoms with Crippen molar-refractivity contribution >= 4 is 21.8 Å². The lowest BCUT2D eigenvalue weighted by molar-refractivity contribution is 0.523. The Kier molecular flexibility index (Phi) is 2.29. The molecule has 0 aliphatic carbocycles. The maximum Gasteiger partial charge on any atom is 0.352 e. The van der Waals surface area contributed by atoms with Gasteiger partial charge in [0.1, 0.15) is 0 Å². The van der Waals surface area contributed by atoms with Gasteiger partial charge in [0.2, 0.25) is 5.03 Å². The SMILES string of the molecule is O=S(=O)(F)c1ncc(Cl)cc1F. The fraction of sp³-hybridized carbons (Fsp3) is 0. The molecular formula is C5H2ClF2NO2S. The number of pyridine rings is 1. The second-order valence-electron chi connectivity index (χ2n) is 1.88. The van der Waals surface area contributed by atoms with Crippen molar-refractivity contribution in [3.63, 3.8) is 0 Å². The van der Waals surface area contributed by atoms with Crippen molar-refractivity contribution in [1.29, 1.82) is 0 Å². The van der Waals surface area contributed by atoms with Crippen LogP contribution in [0.4, 0.5) is 8.28 Å². The molecule has 0 fully saturated rings. The van der Waals surface area contributed by atoms with Crippen LogP contribution in [-0.2, 0) is 10.2 Å². The average Bonchev–Trinajstić information content (AvgIpc) is 1.83. The summed E-state index contributed by atoms with van der Waals surface area (Å²) in [6.45, 7) is 0. The molecule has 0 aliphatic heterocycles. The van der Waals surface area contributed by atoms with Crippen LogP contribution >= 0.6 is 11.6 Å². The van der Waals surface area contributed by atoms with Crippen molar-refractivity contribution in [2.45, 2.75) is 5.03 Å². The van der Waals surface area contributed by atoms with Gasteiger partial charge in [0, 0.05) is 6.20 Å². The smallest absolute Gasteiger partial charge is 0.238 e. The van der Waals surface area contributed by atoms with Crippen LogP contribution in [0.5, 0.6) is 0 Å². The maximum atomic E-state index is 12.6. The van der Waals surface area contributed by atoms with Crippen molar-refractivity contribution in [3.8, 4) is 0 Å². The Hall–Kier alpha value is -0.750. The lowest BCUT2D eigenvalue weighted by Gasteiger charge is -1.95. The molecule has 1 aromatic heterocycles. The second kappa shape index (κ2) is 2.95. The average molecular weight is 214 g/mol. The molecule has 0 N–H and O–H groups in total. The highest BCUT2D eigenvalue weighted by Crippen LogP contribution is 2.17. The van der Waals surface area contributed by atoms with Gasteiger partial charge in [0.05, 0.1) is 5.02 Å². The summed E-state index contributed by atoms with van der Waals surface area (Å²) in [5.41, 5.74) is 0. The molecule has 1 heterocycles. The lowest BCUT2D eigenvalue weighted by atomic mass is 10.5. The Balaban J connectivity index is 3.39. The topological polar surface area (TPSA) is 47.0 Å². The van der Waals surface area contributed by atoms with Gasteiger partial charge in [-0.3, -0.25) is 0 Å². The van der Waals surface area contributed by atoms with Crippen LogP contribution in [-0.4, -0.2) is 13.4 Å². The van der Waals surface area contributed by atoms with Crippen LogP contribution in [0.15, 0.2) is 17.3 Å². The summed E-state index contributed by atoms with van der Waals surface area (Å²) in [5.74, 6) is -1.30. The fourth-order valence-corrected chi connectivity index (χ4v) is 1.20. The number of aromatic nitrogens is 1. The Morgan fingerprint density at radius 3 is 2.50 bits per heavy atom. The molecule has 12 heavy (non-hydrogen) atoms. The van der Waals surface area contributed by atoms with Gasteiger partial charge in [-0.2, -0.15) is 8.42 Å². The summed E-state index contributed by atoms with van der Waals surface area (Å²) < 4.78 is 45.0. The number of nitrogens with zero attached hydrogens (tertiary/aromatic N) is 1. The van der Waals surface area contributed by atoms with E-state index in [-0.39, 0.29) is 5.02 Å². The molecule has 0 radical (unpaired) electrons. The summed E-state index contributed by atoms with van der Waals surface area (Å²) in [6.07, 6.45) is 0.844. The van der Waals surface area contributed by atoms with Crippen LogP contribution in [0.25, 0.3) is 0 Å². The summed E-state index contributed by atoms with van der Waals surface area (Å²) in [4.78, 5) is 2.98. The van der Waals surface area contributed by atoms with Crippen LogP contribution in [0.3, 0.4) is 0 Å². The summed E-state index contributed by atoms with van der Waals surface area (Å²) in [7, 11) is -5.10. The summed E-state index contributed by atoms with van der Waals surface area (Å²) in [6, 6.07) is 0.668. The monoisotopic (exact) mass is 213 g/mol. The van der Waals surface area contributed by atoms with E-state index in [9.17, 15) is 16.7 Å². The van der Waals surface area contributed by atoms with Gasteiger partial charge in [0.25, 0.3) is 0 Å². The van der Waals surface area contributed by atoms with Crippen LogP contribution < -0.4 is 0 Å². The Morgan fingerprint density at radius 1 is 1.50 bits per heavy atom. The van der Waals surface area contributed by atoms with Gasteiger partial charge >= 0.3 is 10.2 Å². The number of rotatable bonds is 1. The van der Waals surface area contributed by atoms with E-state index < -0.39 is 21.1 Å². The third-order valence-electron chi connectivity index (χ3n) is 1.01. The molecule has 0 aromatic carbocycles. The highest BCUT2D eigenvalue weighted by molar-refractivity contribution is 7.86. The van der Waals surface area contributed by atoms with E-state index in [1.54, 1.807) is 0 Å². The quantitative estimate of drug-likeness (QED) is 0.665.